The molecule has 586 valence electrons. The number of nitrogens with two attached hydrogens (primary N) is 1. The van der Waals surface area contributed by atoms with Gasteiger partial charge in [0.15, 0.2) is 60.2 Å². The Morgan fingerprint density at radius 3 is 1.40 bits per heavy atom. The van der Waals surface area contributed by atoms with Crippen LogP contribution in [-0.4, -0.2) is 199 Å². The molecular weight excluding hydrogens is 1680 g/mol. The molecule has 29 nitrogen and oxygen atoms in total. The largest absolute Gasteiger partial charge is 0.396 e. The van der Waals surface area contributed by atoms with Crippen molar-refractivity contribution in [1.29, 1.82) is 0 Å². The summed E-state index contributed by atoms with van der Waals surface area (Å²) in [4.78, 5) is 63.1. The number of pyridine rings is 2. The maximum Gasteiger partial charge on any atom is 0.183 e. The molecule has 9 aromatic heterocycles. The Morgan fingerprint density at radius 1 is 0.495 bits per heavy atom. The molecule has 9 aliphatic heterocycles. The molecule has 18 heterocycles. The maximum atomic E-state index is 9.94. The quantitative estimate of drug-likeness (QED) is 0.0779. The van der Waals surface area contributed by atoms with Crippen molar-refractivity contribution in [1.82, 2.24) is 79.2 Å². The van der Waals surface area contributed by atoms with Gasteiger partial charge in [0.05, 0.1) is 66.4 Å². The molecule has 0 radical (unpaired) electrons. The van der Waals surface area contributed by atoms with Gasteiger partial charge in [0.25, 0.3) is 0 Å². The summed E-state index contributed by atoms with van der Waals surface area (Å²) in [5.74, 6) is 4.42. The van der Waals surface area contributed by atoms with Crippen molar-refractivity contribution in [2.24, 2.45) is 27.0 Å². The number of piperidine rings is 3. The number of aliphatic imine (C=N–C) groups is 1. The molecular formula is C75H100Cl3I2N23O6. The topological polar surface area (TPSA) is 325 Å². The van der Waals surface area contributed by atoms with Crippen LogP contribution in [0.5, 0.6) is 0 Å². The second-order valence-electron chi connectivity index (χ2n) is 29.8. The fourth-order valence-electron chi connectivity index (χ4n) is 16.3. The fourth-order valence-corrected chi connectivity index (χ4v) is 17.6. The zero-order chi connectivity index (χ0) is 73.7. The summed E-state index contributed by atoms with van der Waals surface area (Å²) in [6.45, 7) is 15.4. The molecule has 0 spiro atoms. The van der Waals surface area contributed by atoms with E-state index in [9.17, 15) is 15.3 Å². The Morgan fingerprint density at radius 2 is 0.927 bits per heavy atom. The van der Waals surface area contributed by atoms with Gasteiger partial charge in [0.2, 0.25) is 0 Å². The van der Waals surface area contributed by atoms with Gasteiger partial charge in [-0.2, -0.15) is 10.2 Å². The molecule has 0 aliphatic carbocycles. The summed E-state index contributed by atoms with van der Waals surface area (Å²) in [5.41, 5.74) is 16.9. The lowest BCUT2D eigenvalue weighted by Gasteiger charge is -2.40. The lowest BCUT2D eigenvalue weighted by Crippen LogP contribution is -2.46. The summed E-state index contributed by atoms with van der Waals surface area (Å²) in [6, 6.07) is 8.21. The van der Waals surface area contributed by atoms with E-state index in [1.165, 1.54) is 0 Å². The van der Waals surface area contributed by atoms with Crippen LogP contribution in [0.2, 0.25) is 5.15 Å². The first kappa shape index (κ1) is 80.8. The Balaban J connectivity index is 0.000000130. The van der Waals surface area contributed by atoms with E-state index in [0.29, 0.717) is 23.9 Å². The molecule has 6 saturated heterocycles. The Hall–Kier alpha value is -6.25. The van der Waals surface area contributed by atoms with E-state index in [0.717, 1.165) is 306 Å². The lowest BCUT2D eigenvalue weighted by molar-refractivity contribution is -0.0373. The first-order chi connectivity index (χ1) is 52.3. The van der Waals surface area contributed by atoms with Gasteiger partial charge in [0, 0.05) is 110 Å². The summed E-state index contributed by atoms with van der Waals surface area (Å²) < 4.78 is 25.2. The number of hydrogen-bond acceptors (Lipinski definition) is 26. The highest BCUT2D eigenvalue weighted by Gasteiger charge is 2.39. The monoisotopic (exact) mass is 1780 g/mol. The van der Waals surface area contributed by atoms with Crippen LogP contribution in [0.3, 0.4) is 0 Å². The Bertz CT molecular complexity index is 4550. The summed E-state index contributed by atoms with van der Waals surface area (Å²) in [5, 5.41) is 43.9. The molecule has 34 heteroatoms. The molecule has 3 unspecified atom stereocenters. The van der Waals surface area contributed by atoms with Gasteiger partial charge >= 0.3 is 0 Å². The lowest BCUT2D eigenvalue weighted by atomic mass is 9.77. The number of ether oxygens (including phenoxy) is 3. The maximum absolute atomic E-state index is 9.94. The molecule has 9 aliphatic rings. The van der Waals surface area contributed by atoms with Crippen LogP contribution in [0.1, 0.15) is 177 Å². The number of halogens is 5. The van der Waals surface area contributed by atoms with Crippen molar-refractivity contribution >= 4 is 156 Å². The second-order valence-corrected chi connectivity index (χ2v) is 32.3. The normalized spacial score (nSPS) is 21.5. The molecule has 0 aromatic carbocycles. The number of aromatic nitrogens is 16. The smallest absolute Gasteiger partial charge is 0.183 e. The van der Waals surface area contributed by atoms with Crippen LogP contribution in [-0.2, 0) is 33.6 Å². The zero-order valence-electron chi connectivity index (χ0n) is 62.1. The van der Waals surface area contributed by atoms with Crippen LogP contribution in [0.15, 0.2) is 66.4 Å². The third-order valence-electron chi connectivity index (χ3n) is 23.6. The molecule has 109 heavy (non-hydrogen) atoms. The van der Waals surface area contributed by atoms with Crippen molar-refractivity contribution < 1.29 is 29.5 Å². The number of amidine groups is 1. The predicted molar refractivity (Wildman–Crippen MR) is 442 cm³/mol. The minimum absolute atomic E-state index is 0. The van der Waals surface area contributed by atoms with E-state index in [1.807, 2.05) is 52.5 Å². The third-order valence-corrected chi connectivity index (χ3v) is 25.2. The Kier molecular flexibility index (Phi) is 26.9. The predicted octanol–water partition coefficient (Wildman–Crippen LogP) is 11.9. The molecule has 0 saturated carbocycles. The van der Waals surface area contributed by atoms with Crippen LogP contribution in [0.4, 0.5) is 34.6 Å². The highest BCUT2D eigenvalue weighted by atomic mass is 127. The number of anilines is 6. The molecule has 18 rings (SSSR count). The van der Waals surface area contributed by atoms with Crippen LogP contribution >= 0.6 is 81.6 Å². The van der Waals surface area contributed by atoms with Gasteiger partial charge < -0.3 is 59.8 Å². The van der Waals surface area contributed by atoms with Crippen molar-refractivity contribution in [2.45, 2.75) is 174 Å². The van der Waals surface area contributed by atoms with E-state index >= 15 is 0 Å². The number of nitrogens with zero attached hydrogens (tertiary/aromatic N) is 22. The van der Waals surface area contributed by atoms with Crippen molar-refractivity contribution in [3.63, 3.8) is 0 Å². The molecule has 5 N–H and O–H groups in total. The van der Waals surface area contributed by atoms with Crippen LogP contribution in [0, 0.1) is 23.6 Å². The van der Waals surface area contributed by atoms with Gasteiger partial charge in [-0.05, 0) is 215 Å². The van der Waals surface area contributed by atoms with Gasteiger partial charge in [0.1, 0.15) is 39.3 Å². The zero-order valence-corrected chi connectivity index (χ0v) is 68.8. The minimum atomic E-state index is -0.146. The molecule has 3 atom stereocenters. The fraction of sp³-hybridized carbons (Fsp3) is 0.600. The number of aryl methyl sites for hydroxylation is 2. The molecule has 0 amide bonds. The molecule has 6 fully saturated rings. The highest BCUT2D eigenvalue weighted by molar-refractivity contribution is 14.1. The molecule has 0 bridgehead atoms. The minimum Gasteiger partial charge on any atom is -0.396 e. The van der Waals surface area contributed by atoms with Gasteiger partial charge in [-0.15, -0.1) is 29.9 Å². The first-order valence-electron chi connectivity index (χ1n) is 38.5. The van der Waals surface area contributed by atoms with Gasteiger partial charge in [-0.1, -0.05) is 25.4 Å². The summed E-state index contributed by atoms with van der Waals surface area (Å²) in [6.07, 6.45) is 32.0. The first-order valence-corrected chi connectivity index (χ1v) is 41.1. The van der Waals surface area contributed by atoms with Crippen molar-refractivity contribution in [3.05, 3.63) is 96.8 Å². The van der Waals surface area contributed by atoms with E-state index < -0.39 is 0 Å². The Labute approximate surface area is 679 Å². The highest BCUT2D eigenvalue weighted by Crippen LogP contribution is 2.42. The summed E-state index contributed by atoms with van der Waals surface area (Å²) in [7, 11) is 0. The van der Waals surface area contributed by atoms with Gasteiger partial charge in [-0.25, -0.2) is 53.9 Å². The number of hydrogen-bond donors (Lipinski definition) is 4. The van der Waals surface area contributed by atoms with Crippen molar-refractivity contribution in [3.8, 4) is 0 Å². The standard InChI is InChI=1S/C26H35N7O2.C21H27N7O.C18H26IN5O2.C10H10ClIN4O.2ClH/c1-2-26(18-34)10-14-31(15-11-26)21-17-28-23-24(29-21)33(22-9-3-4-16-35-22)30-25(23)32-13-6-7-19-20(32)8-5-12-27-19;22-13-21(14-29)5-9-27(10-6-21)18-12-24-19-16(26-18)11-25-20(19)28-8-2-3-15-17(28)4-1-7-23-15;1-2-18(12-25)6-8-23(9-7-18)13-11-20-15-16(19)22-24(17(15)21-13)14-5-3-4-10-26-14;11-6-5-13-8-9(12)15-16(10(8)14-6)7-3-1-2-4-17-7;;/h5,8,12,17,22,34H,2-4,6-7,9-11,13-16,18H2,1H3;1,4,7,12,29H,2-3,5-6,8-11,13-14,22H2;11,14,25H,2-10,12H2,1H3;5,7H,1-4H2;2*1H. The van der Waals surface area contributed by atoms with Crippen LogP contribution < -0.4 is 30.2 Å². The SMILES string of the molecule is CCC1(CO)CCN(c2cnc3c(I)nn(C4CCCCO4)c3n2)CC1.CCC1(CO)CCN(c2cnc3c(N4CCCc5ncccc54)nn(C4CCCCO4)c3n2)CC1.Cl.Cl.Clc1cnc2c(I)nn(C3CCCCO3)c2n1.NCC1(CO)CCN(c2cnc3c(n2)CN=C3N2CCCc3ncccc32)CC1. The second kappa shape index (κ2) is 36.3. The number of fused-ring (bicyclic) bond motifs is 6. The number of aliphatic hydroxyl groups excluding tert-OH is 3. The van der Waals surface area contributed by atoms with Gasteiger partial charge in [-0.3, -0.25) is 15.0 Å². The average molecular weight is 1780 g/mol. The van der Waals surface area contributed by atoms with Crippen molar-refractivity contribution in [2.75, 3.05) is 123 Å². The van der Waals surface area contributed by atoms with E-state index in [4.69, 9.17) is 66.6 Å². The summed E-state index contributed by atoms with van der Waals surface area (Å²) >= 11 is 10.3. The van der Waals surface area contributed by atoms with E-state index in [-0.39, 0.29) is 79.6 Å². The average Bonchev–Trinajstić information content (AvgIpc) is 1.64. The van der Waals surface area contributed by atoms with E-state index in [1.54, 1.807) is 10.9 Å². The van der Waals surface area contributed by atoms with Crippen LogP contribution in [0.25, 0.3) is 33.5 Å². The number of rotatable bonds is 13. The third kappa shape index (κ3) is 17.2. The van der Waals surface area contributed by atoms with E-state index in [2.05, 4.69) is 131 Å². The molecule has 9 aromatic rings. The number of aliphatic hydroxyl groups is 3.